The number of hydrogen-bond acceptors (Lipinski definition) is 5. The summed E-state index contributed by atoms with van der Waals surface area (Å²) in [5.41, 5.74) is 0.646. The van der Waals surface area contributed by atoms with Crippen LogP contribution in [0.2, 0.25) is 0 Å². The number of nitrogens with one attached hydrogen (secondary N) is 1. The Hall–Kier alpha value is -2.65. The highest BCUT2D eigenvalue weighted by Gasteiger charge is 2.20. The molecule has 0 radical (unpaired) electrons. The van der Waals surface area contributed by atoms with E-state index in [1.807, 2.05) is 17.7 Å². The van der Waals surface area contributed by atoms with Gasteiger partial charge >= 0.3 is 0 Å². The fourth-order valence-corrected chi connectivity index (χ4v) is 4.09. The number of hydrogen-bond donors (Lipinski definition) is 1. The zero-order valence-corrected chi connectivity index (χ0v) is 16.2. The van der Waals surface area contributed by atoms with E-state index in [2.05, 4.69) is 14.8 Å². The zero-order valence-electron chi connectivity index (χ0n) is 15.4. The normalized spacial score (nSPS) is 11.6. The molecule has 144 valence electrons. The van der Waals surface area contributed by atoms with Crippen molar-refractivity contribution < 1.29 is 13.2 Å². The molecule has 3 rings (SSSR count). The van der Waals surface area contributed by atoms with Crippen molar-refractivity contribution in [3.63, 3.8) is 0 Å². The molecule has 0 bridgehead atoms. The van der Waals surface area contributed by atoms with E-state index in [4.69, 9.17) is 4.74 Å². The van der Waals surface area contributed by atoms with Crippen LogP contribution in [0.25, 0.3) is 5.69 Å². The summed E-state index contributed by atoms with van der Waals surface area (Å²) >= 11 is 0. The van der Waals surface area contributed by atoms with Crippen LogP contribution >= 0.6 is 0 Å². The number of ether oxygens (including phenoxy) is 1. The molecule has 1 N–H and O–H groups in total. The van der Waals surface area contributed by atoms with Gasteiger partial charge < -0.3 is 9.30 Å². The van der Waals surface area contributed by atoms with Crippen LogP contribution in [0.4, 0.5) is 0 Å². The molecule has 0 amide bonds. The second-order valence-electron chi connectivity index (χ2n) is 5.93. The number of methoxy groups -OCH3 is 1. The molecule has 0 spiro atoms. The van der Waals surface area contributed by atoms with Crippen molar-refractivity contribution in [2.24, 2.45) is 0 Å². The first-order chi connectivity index (χ1) is 13.0. The molecule has 0 fully saturated rings. The first-order valence-electron chi connectivity index (χ1n) is 8.73. The Morgan fingerprint density at radius 1 is 1.22 bits per heavy atom. The summed E-state index contributed by atoms with van der Waals surface area (Å²) in [6.45, 7) is 3.06. The minimum atomic E-state index is -3.71. The molecule has 2 aromatic heterocycles. The minimum Gasteiger partial charge on any atom is -0.495 e. The van der Waals surface area contributed by atoms with Gasteiger partial charge in [-0.1, -0.05) is 6.92 Å². The van der Waals surface area contributed by atoms with Gasteiger partial charge in [-0.3, -0.25) is 0 Å². The molecule has 27 heavy (non-hydrogen) atoms. The standard InChI is InChI=1S/C18H23N5O3S/c1-3-18-19-10-13-22(18)11-5-9-21-27(24,25)17-14-15(6-7-16(17)26-2)23-12-4-8-20-23/h4,6-8,10,12-14,21H,3,5,9,11H2,1-2H3. The second-order valence-corrected chi connectivity index (χ2v) is 7.66. The molecular formula is C18H23N5O3S. The molecule has 0 saturated heterocycles. The van der Waals surface area contributed by atoms with Crippen molar-refractivity contribution in [1.29, 1.82) is 0 Å². The predicted molar refractivity (Wildman–Crippen MR) is 102 cm³/mol. The average Bonchev–Trinajstić information content (AvgIpc) is 3.36. The number of sulfonamides is 1. The summed E-state index contributed by atoms with van der Waals surface area (Å²) in [6, 6.07) is 6.72. The lowest BCUT2D eigenvalue weighted by Crippen LogP contribution is -2.26. The van der Waals surface area contributed by atoms with Gasteiger partial charge in [0, 0.05) is 44.3 Å². The van der Waals surface area contributed by atoms with Gasteiger partial charge in [0.25, 0.3) is 0 Å². The van der Waals surface area contributed by atoms with E-state index >= 15 is 0 Å². The Morgan fingerprint density at radius 2 is 2.07 bits per heavy atom. The predicted octanol–water partition coefficient (Wildman–Crippen LogP) is 2.01. The van der Waals surface area contributed by atoms with Crippen LogP contribution in [-0.2, 0) is 23.0 Å². The van der Waals surface area contributed by atoms with Crippen LogP contribution in [0.15, 0.2) is 53.9 Å². The van der Waals surface area contributed by atoms with Crippen LogP contribution in [0.3, 0.4) is 0 Å². The van der Waals surface area contributed by atoms with Crippen molar-refractivity contribution in [1.82, 2.24) is 24.1 Å². The van der Waals surface area contributed by atoms with Crippen LogP contribution in [-0.4, -0.2) is 41.4 Å². The number of rotatable bonds is 9. The van der Waals surface area contributed by atoms with Gasteiger partial charge in [0.1, 0.15) is 16.5 Å². The highest BCUT2D eigenvalue weighted by atomic mass is 32.2. The Kier molecular flexibility index (Phi) is 5.92. The molecule has 8 nitrogen and oxygen atoms in total. The number of aromatic nitrogens is 4. The van der Waals surface area contributed by atoms with Gasteiger partial charge in [-0.05, 0) is 30.7 Å². The summed E-state index contributed by atoms with van der Waals surface area (Å²) in [5, 5.41) is 4.14. The van der Waals surface area contributed by atoms with E-state index in [1.54, 1.807) is 47.5 Å². The van der Waals surface area contributed by atoms with Gasteiger partial charge in [0.15, 0.2) is 0 Å². The third-order valence-electron chi connectivity index (χ3n) is 4.19. The van der Waals surface area contributed by atoms with E-state index in [9.17, 15) is 8.42 Å². The lowest BCUT2D eigenvalue weighted by molar-refractivity contribution is 0.402. The maximum atomic E-state index is 12.8. The van der Waals surface area contributed by atoms with Crippen LogP contribution in [0.1, 0.15) is 19.2 Å². The quantitative estimate of drug-likeness (QED) is 0.565. The van der Waals surface area contributed by atoms with Crippen molar-refractivity contribution in [2.45, 2.75) is 31.2 Å². The molecule has 0 saturated carbocycles. The first-order valence-corrected chi connectivity index (χ1v) is 10.2. The van der Waals surface area contributed by atoms with E-state index in [0.717, 1.165) is 12.2 Å². The molecule has 0 aliphatic carbocycles. The summed E-state index contributed by atoms with van der Waals surface area (Å²) < 4.78 is 37.1. The molecule has 0 unspecified atom stereocenters. The van der Waals surface area contributed by atoms with Crippen molar-refractivity contribution in [3.8, 4) is 11.4 Å². The Morgan fingerprint density at radius 3 is 2.78 bits per heavy atom. The summed E-state index contributed by atoms with van der Waals surface area (Å²) in [5.74, 6) is 1.28. The van der Waals surface area contributed by atoms with Crippen LogP contribution in [0.5, 0.6) is 5.75 Å². The SMILES string of the molecule is CCc1nccn1CCCNS(=O)(=O)c1cc(-n2cccn2)ccc1OC. The number of aryl methyl sites for hydroxylation is 2. The van der Waals surface area contributed by atoms with Gasteiger partial charge in [-0.15, -0.1) is 0 Å². The molecule has 9 heteroatoms. The smallest absolute Gasteiger partial charge is 0.244 e. The third kappa shape index (κ3) is 4.37. The Labute approximate surface area is 158 Å². The largest absolute Gasteiger partial charge is 0.495 e. The Balaban J connectivity index is 1.71. The summed E-state index contributed by atoms with van der Waals surface area (Å²) in [6.07, 6.45) is 8.55. The van der Waals surface area contributed by atoms with E-state index < -0.39 is 10.0 Å². The zero-order chi connectivity index (χ0) is 19.3. The molecule has 0 aliphatic rings. The lowest BCUT2D eigenvalue weighted by atomic mass is 10.3. The summed E-state index contributed by atoms with van der Waals surface area (Å²) in [4.78, 5) is 4.36. The van der Waals surface area contributed by atoms with Gasteiger partial charge in [0.05, 0.1) is 12.8 Å². The monoisotopic (exact) mass is 389 g/mol. The van der Waals surface area contributed by atoms with Crippen molar-refractivity contribution in [2.75, 3.05) is 13.7 Å². The number of imidazole rings is 1. The highest BCUT2D eigenvalue weighted by Crippen LogP contribution is 2.26. The average molecular weight is 389 g/mol. The fraction of sp³-hybridized carbons (Fsp3) is 0.333. The molecule has 1 aromatic carbocycles. The van der Waals surface area contributed by atoms with E-state index in [1.165, 1.54) is 7.11 Å². The van der Waals surface area contributed by atoms with Crippen molar-refractivity contribution in [3.05, 3.63) is 54.9 Å². The van der Waals surface area contributed by atoms with Gasteiger partial charge in [0.2, 0.25) is 10.0 Å². The van der Waals surface area contributed by atoms with Gasteiger partial charge in [-0.25, -0.2) is 22.8 Å². The third-order valence-corrected chi connectivity index (χ3v) is 5.67. The second kappa shape index (κ2) is 8.36. The summed E-state index contributed by atoms with van der Waals surface area (Å²) in [7, 11) is -2.26. The first kappa shape index (κ1) is 19.1. The number of benzene rings is 1. The molecule has 3 aromatic rings. The number of nitrogens with zero attached hydrogens (tertiary/aromatic N) is 4. The van der Waals surface area contributed by atoms with E-state index in [-0.39, 0.29) is 4.90 Å². The Bertz CT molecular complexity index is 980. The molecule has 2 heterocycles. The fourth-order valence-electron chi connectivity index (χ4n) is 2.83. The van der Waals surface area contributed by atoms with Gasteiger partial charge in [-0.2, -0.15) is 5.10 Å². The minimum absolute atomic E-state index is 0.0925. The maximum absolute atomic E-state index is 12.8. The molecule has 0 atom stereocenters. The molecule has 0 aliphatic heterocycles. The van der Waals surface area contributed by atoms with E-state index in [0.29, 0.717) is 30.9 Å². The lowest BCUT2D eigenvalue weighted by Gasteiger charge is -2.13. The maximum Gasteiger partial charge on any atom is 0.244 e. The molecular weight excluding hydrogens is 366 g/mol. The van der Waals surface area contributed by atoms with Crippen LogP contribution < -0.4 is 9.46 Å². The topological polar surface area (TPSA) is 91.0 Å². The highest BCUT2D eigenvalue weighted by molar-refractivity contribution is 7.89. The van der Waals surface area contributed by atoms with Crippen LogP contribution in [0, 0.1) is 0 Å². The van der Waals surface area contributed by atoms with Crippen molar-refractivity contribution >= 4 is 10.0 Å².